The number of methoxy groups -OCH3 is 1. The van der Waals surface area contributed by atoms with E-state index in [-0.39, 0.29) is 0 Å². The van der Waals surface area contributed by atoms with Gasteiger partial charge in [0, 0.05) is 5.56 Å². The van der Waals surface area contributed by atoms with Gasteiger partial charge in [-0.3, -0.25) is 0 Å². The molecule has 1 aromatic heterocycles. The molecule has 0 amide bonds. The van der Waals surface area contributed by atoms with Crippen LogP contribution in [0.1, 0.15) is 0 Å². The minimum absolute atomic E-state index is 0.607. The fourth-order valence-electron chi connectivity index (χ4n) is 0.986. The largest absolute Gasteiger partial charge is 0.497 e. The standard InChI is InChI=1S/C8H7N4O/c1-13-7-4-2-3-6(5-7)8-9-11-12-10-8/h3-5H,1H3,(H,9,10,11,12). The van der Waals surface area contributed by atoms with Crippen molar-refractivity contribution in [2.24, 2.45) is 0 Å². The average molecular weight is 175 g/mol. The lowest BCUT2D eigenvalue weighted by Crippen LogP contribution is -1.85. The first-order valence-electron chi connectivity index (χ1n) is 3.69. The molecule has 0 unspecified atom stereocenters. The van der Waals surface area contributed by atoms with E-state index in [0.717, 1.165) is 11.3 Å². The fourth-order valence-corrected chi connectivity index (χ4v) is 0.986. The summed E-state index contributed by atoms with van der Waals surface area (Å²) in [5.41, 5.74) is 0.851. The first-order valence-corrected chi connectivity index (χ1v) is 3.69. The van der Waals surface area contributed by atoms with Gasteiger partial charge < -0.3 is 4.74 Å². The molecule has 0 aliphatic carbocycles. The monoisotopic (exact) mass is 175 g/mol. The Hall–Kier alpha value is -1.91. The fraction of sp³-hybridized carbons (Fsp3) is 0.125. The third kappa shape index (κ3) is 1.48. The lowest BCUT2D eigenvalue weighted by molar-refractivity contribution is 0.415. The summed E-state index contributed by atoms with van der Waals surface area (Å²) >= 11 is 0. The molecular weight excluding hydrogens is 168 g/mol. The Bertz CT molecular complexity index is 385. The summed E-state index contributed by atoms with van der Waals surface area (Å²) in [5.74, 6) is 1.34. The first-order chi connectivity index (χ1) is 6.40. The number of hydrogen-bond donors (Lipinski definition) is 1. The number of H-pyrrole nitrogens is 1. The summed E-state index contributed by atoms with van der Waals surface area (Å²) in [4.78, 5) is 0. The number of tetrazole rings is 1. The van der Waals surface area contributed by atoms with E-state index in [0.29, 0.717) is 5.82 Å². The molecule has 0 aliphatic heterocycles. The number of aromatic amines is 1. The van der Waals surface area contributed by atoms with Crippen molar-refractivity contribution in [3.05, 3.63) is 24.3 Å². The molecule has 5 nitrogen and oxygen atoms in total. The van der Waals surface area contributed by atoms with Gasteiger partial charge in [-0.05, 0) is 34.7 Å². The average Bonchev–Trinajstić information content (AvgIpc) is 2.71. The summed E-state index contributed by atoms with van der Waals surface area (Å²) in [6.45, 7) is 0. The van der Waals surface area contributed by atoms with Crippen molar-refractivity contribution in [1.82, 2.24) is 20.6 Å². The van der Waals surface area contributed by atoms with Crippen LogP contribution in [0.15, 0.2) is 18.2 Å². The Morgan fingerprint density at radius 1 is 1.46 bits per heavy atom. The van der Waals surface area contributed by atoms with E-state index < -0.39 is 0 Å². The number of rotatable bonds is 2. The minimum Gasteiger partial charge on any atom is -0.497 e. The lowest BCUT2D eigenvalue weighted by atomic mass is 10.2. The van der Waals surface area contributed by atoms with Gasteiger partial charge in [-0.1, -0.05) is 0 Å². The van der Waals surface area contributed by atoms with E-state index >= 15 is 0 Å². The van der Waals surface area contributed by atoms with Crippen LogP contribution in [0.4, 0.5) is 0 Å². The van der Waals surface area contributed by atoms with Crippen molar-refractivity contribution in [2.75, 3.05) is 7.11 Å². The molecule has 65 valence electrons. The number of ether oxygens (including phenoxy) is 1. The van der Waals surface area contributed by atoms with E-state index in [2.05, 4.69) is 26.7 Å². The van der Waals surface area contributed by atoms with E-state index in [9.17, 15) is 0 Å². The number of aromatic nitrogens is 4. The number of nitrogens with one attached hydrogen (secondary N) is 1. The zero-order valence-corrected chi connectivity index (χ0v) is 6.98. The van der Waals surface area contributed by atoms with Gasteiger partial charge in [0.15, 0.2) is 5.82 Å². The molecule has 0 saturated heterocycles. The van der Waals surface area contributed by atoms with Gasteiger partial charge in [0.1, 0.15) is 5.75 Å². The molecule has 0 bridgehead atoms. The molecule has 0 fully saturated rings. The Labute approximate surface area is 74.7 Å². The van der Waals surface area contributed by atoms with Crippen LogP contribution in [0.25, 0.3) is 11.4 Å². The third-order valence-corrected chi connectivity index (χ3v) is 1.62. The van der Waals surface area contributed by atoms with Crippen LogP contribution < -0.4 is 4.74 Å². The van der Waals surface area contributed by atoms with Gasteiger partial charge >= 0.3 is 0 Å². The van der Waals surface area contributed by atoms with Crippen LogP contribution >= 0.6 is 0 Å². The van der Waals surface area contributed by atoms with E-state index in [1.54, 1.807) is 19.2 Å². The van der Waals surface area contributed by atoms with Crippen molar-refractivity contribution in [3.63, 3.8) is 0 Å². The maximum absolute atomic E-state index is 5.04. The second-order valence-electron chi connectivity index (χ2n) is 2.41. The van der Waals surface area contributed by atoms with Gasteiger partial charge in [-0.2, -0.15) is 0 Å². The summed E-state index contributed by atoms with van der Waals surface area (Å²) < 4.78 is 5.04. The molecular formula is C8H7N4O. The van der Waals surface area contributed by atoms with E-state index in [1.807, 2.05) is 6.07 Å². The first kappa shape index (κ1) is 7.72. The van der Waals surface area contributed by atoms with Crippen LogP contribution in [0.3, 0.4) is 0 Å². The Morgan fingerprint density at radius 2 is 2.38 bits per heavy atom. The number of benzene rings is 1. The second kappa shape index (κ2) is 3.22. The quantitative estimate of drug-likeness (QED) is 0.728. The molecule has 2 aromatic rings. The Balaban J connectivity index is 2.41. The second-order valence-corrected chi connectivity index (χ2v) is 2.41. The lowest BCUT2D eigenvalue weighted by Gasteiger charge is -1.99. The topological polar surface area (TPSA) is 63.7 Å². The highest BCUT2D eigenvalue weighted by atomic mass is 16.5. The van der Waals surface area contributed by atoms with Crippen LogP contribution in [0.2, 0.25) is 0 Å². The van der Waals surface area contributed by atoms with Gasteiger partial charge in [-0.25, -0.2) is 5.10 Å². The van der Waals surface area contributed by atoms with Gasteiger partial charge in [-0.15, -0.1) is 5.10 Å². The molecule has 2 rings (SSSR count). The predicted octanol–water partition coefficient (Wildman–Crippen LogP) is 0.675. The van der Waals surface area contributed by atoms with Crippen LogP contribution in [0, 0.1) is 6.07 Å². The molecule has 0 saturated carbocycles. The number of nitrogens with zero attached hydrogens (tertiary/aromatic N) is 3. The minimum atomic E-state index is 0.607. The molecule has 0 aliphatic rings. The highest BCUT2D eigenvalue weighted by Crippen LogP contribution is 2.18. The molecule has 1 radical (unpaired) electrons. The summed E-state index contributed by atoms with van der Waals surface area (Å²) in [6.07, 6.45) is 0. The smallest absolute Gasteiger partial charge is 0.179 e. The van der Waals surface area contributed by atoms with E-state index in [4.69, 9.17) is 4.74 Å². The van der Waals surface area contributed by atoms with Crippen molar-refractivity contribution < 1.29 is 4.74 Å². The zero-order valence-electron chi connectivity index (χ0n) is 6.98. The zero-order chi connectivity index (χ0) is 9.10. The Kier molecular flexibility index (Phi) is 1.91. The maximum atomic E-state index is 5.04. The normalized spacial score (nSPS) is 9.92. The highest BCUT2D eigenvalue weighted by Gasteiger charge is 2.01. The van der Waals surface area contributed by atoms with Crippen LogP contribution in [0.5, 0.6) is 5.75 Å². The summed E-state index contributed by atoms with van der Waals surface area (Å²) in [7, 11) is 1.60. The van der Waals surface area contributed by atoms with Crippen molar-refractivity contribution in [2.45, 2.75) is 0 Å². The molecule has 0 spiro atoms. The predicted molar refractivity (Wildman–Crippen MR) is 45.0 cm³/mol. The Morgan fingerprint density at radius 3 is 3.08 bits per heavy atom. The van der Waals surface area contributed by atoms with Crippen molar-refractivity contribution >= 4 is 0 Å². The number of hydrogen-bond acceptors (Lipinski definition) is 4. The summed E-state index contributed by atoms with van der Waals surface area (Å²) in [6, 6.07) is 8.29. The molecule has 1 N–H and O–H groups in total. The van der Waals surface area contributed by atoms with Crippen molar-refractivity contribution in [3.8, 4) is 17.1 Å². The molecule has 1 aromatic carbocycles. The maximum Gasteiger partial charge on any atom is 0.179 e. The molecule has 5 heteroatoms. The van der Waals surface area contributed by atoms with E-state index in [1.165, 1.54) is 0 Å². The van der Waals surface area contributed by atoms with Gasteiger partial charge in [0.2, 0.25) is 0 Å². The molecule has 13 heavy (non-hydrogen) atoms. The summed E-state index contributed by atoms with van der Waals surface area (Å²) in [5, 5.41) is 13.4. The SMILES string of the molecule is COc1c[c]cc(-c2nnn[nH]2)c1. The van der Waals surface area contributed by atoms with Crippen molar-refractivity contribution in [1.29, 1.82) is 0 Å². The third-order valence-electron chi connectivity index (χ3n) is 1.62. The molecule has 0 atom stereocenters. The van der Waals surface area contributed by atoms with Crippen LogP contribution in [-0.4, -0.2) is 27.7 Å². The molecule has 1 heterocycles. The van der Waals surface area contributed by atoms with Crippen LogP contribution in [-0.2, 0) is 0 Å². The van der Waals surface area contributed by atoms with Gasteiger partial charge in [0.25, 0.3) is 0 Å². The highest BCUT2D eigenvalue weighted by molar-refractivity contribution is 5.55. The van der Waals surface area contributed by atoms with Gasteiger partial charge in [0.05, 0.1) is 7.11 Å².